The minimum Gasteiger partial charge on any atom is -0.378 e. The summed E-state index contributed by atoms with van der Waals surface area (Å²) in [5.74, 6) is 2.04. The van der Waals surface area contributed by atoms with E-state index in [9.17, 15) is 0 Å². The van der Waals surface area contributed by atoms with Gasteiger partial charge in [0.2, 0.25) is 5.89 Å². The Morgan fingerprint density at radius 2 is 1.93 bits per heavy atom. The molecule has 0 spiro atoms. The molecule has 27 heavy (non-hydrogen) atoms. The number of aromatic nitrogens is 2. The van der Waals surface area contributed by atoms with Gasteiger partial charge in [-0.05, 0) is 43.7 Å². The van der Waals surface area contributed by atoms with E-state index in [1.54, 1.807) is 0 Å². The monoisotopic (exact) mass is 371 g/mol. The summed E-state index contributed by atoms with van der Waals surface area (Å²) < 4.78 is 11.3. The van der Waals surface area contributed by atoms with Crippen LogP contribution in [0.5, 0.6) is 0 Å². The quantitative estimate of drug-likeness (QED) is 0.633. The van der Waals surface area contributed by atoms with E-state index < -0.39 is 0 Å². The van der Waals surface area contributed by atoms with Gasteiger partial charge >= 0.3 is 0 Å². The summed E-state index contributed by atoms with van der Waals surface area (Å²) in [6, 6.07) is 10.8. The van der Waals surface area contributed by atoms with Gasteiger partial charge in [0.25, 0.3) is 0 Å². The third kappa shape index (κ3) is 7.07. The van der Waals surface area contributed by atoms with E-state index in [-0.39, 0.29) is 0 Å². The van der Waals surface area contributed by atoms with Crippen molar-refractivity contribution in [2.75, 3.05) is 26.2 Å². The Balaban J connectivity index is 1.26. The van der Waals surface area contributed by atoms with Gasteiger partial charge in [0, 0.05) is 25.9 Å². The molecule has 2 aromatic rings. The highest BCUT2D eigenvalue weighted by atomic mass is 16.5. The zero-order valence-corrected chi connectivity index (χ0v) is 16.8. The molecule has 148 valence electrons. The van der Waals surface area contributed by atoms with E-state index in [2.05, 4.69) is 59.2 Å². The van der Waals surface area contributed by atoms with Crippen molar-refractivity contribution in [1.82, 2.24) is 15.0 Å². The third-order valence-corrected chi connectivity index (χ3v) is 5.09. The van der Waals surface area contributed by atoms with Gasteiger partial charge in [0.15, 0.2) is 5.82 Å². The van der Waals surface area contributed by atoms with E-state index >= 15 is 0 Å². The zero-order valence-electron chi connectivity index (χ0n) is 16.8. The molecule has 3 rings (SSSR count). The fourth-order valence-corrected chi connectivity index (χ4v) is 3.59. The maximum atomic E-state index is 6.05. The molecule has 5 heteroatoms. The molecular weight excluding hydrogens is 338 g/mol. The highest BCUT2D eigenvalue weighted by molar-refractivity contribution is 5.14. The average Bonchev–Trinajstić information content (AvgIpc) is 3.10. The van der Waals surface area contributed by atoms with E-state index in [1.807, 2.05) is 0 Å². The van der Waals surface area contributed by atoms with Crippen LogP contribution in [0.2, 0.25) is 0 Å². The maximum Gasteiger partial charge on any atom is 0.226 e. The van der Waals surface area contributed by atoms with Crippen LogP contribution in [0.15, 0.2) is 34.9 Å². The Labute approximate surface area is 163 Å². The van der Waals surface area contributed by atoms with E-state index in [0.29, 0.717) is 18.6 Å². The molecule has 0 aliphatic carbocycles. The number of ether oxygens (including phenoxy) is 1. The van der Waals surface area contributed by atoms with Crippen molar-refractivity contribution in [2.24, 2.45) is 5.92 Å². The SMILES string of the molecule is CC(C)Cc1nc(CCOC2CCN(CCCc3ccccc3)CC2)no1. The molecule has 1 fully saturated rings. The highest BCUT2D eigenvalue weighted by Gasteiger charge is 2.19. The van der Waals surface area contributed by atoms with Crippen LogP contribution >= 0.6 is 0 Å². The van der Waals surface area contributed by atoms with Crippen molar-refractivity contribution in [3.05, 3.63) is 47.6 Å². The smallest absolute Gasteiger partial charge is 0.226 e. The minimum absolute atomic E-state index is 0.373. The standard InChI is InChI=1S/C22H33N3O2/c1-18(2)17-22-23-21(24-27-22)12-16-26-20-10-14-25(15-11-20)13-6-9-19-7-4-3-5-8-19/h3-5,7-8,18,20H,6,9-17H2,1-2H3. The summed E-state index contributed by atoms with van der Waals surface area (Å²) in [6.07, 6.45) is 6.59. The van der Waals surface area contributed by atoms with Crippen molar-refractivity contribution in [3.8, 4) is 0 Å². The predicted molar refractivity (Wildman–Crippen MR) is 107 cm³/mol. The molecule has 0 saturated carbocycles. The average molecular weight is 372 g/mol. The molecule has 0 amide bonds. The summed E-state index contributed by atoms with van der Waals surface area (Å²) in [5, 5.41) is 4.05. The molecule has 5 nitrogen and oxygen atoms in total. The molecule has 0 atom stereocenters. The third-order valence-electron chi connectivity index (χ3n) is 5.09. The van der Waals surface area contributed by atoms with Crippen molar-refractivity contribution in [1.29, 1.82) is 0 Å². The second-order valence-electron chi connectivity index (χ2n) is 7.95. The summed E-state index contributed by atoms with van der Waals surface area (Å²) >= 11 is 0. The van der Waals surface area contributed by atoms with E-state index in [0.717, 1.165) is 50.5 Å². The molecule has 0 bridgehead atoms. The highest BCUT2D eigenvalue weighted by Crippen LogP contribution is 2.15. The lowest BCUT2D eigenvalue weighted by molar-refractivity contribution is 0.00828. The van der Waals surface area contributed by atoms with Gasteiger partial charge in [-0.1, -0.05) is 49.3 Å². The Bertz CT molecular complexity index is 649. The normalized spacial score (nSPS) is 16.3. The summed E-state index contributed by atoms with van der Waals surface area (Å²) in [4.78, 5) is 7.01. The number of hydrogen-bond acceptors (Lipinski definition) is 5. The first kappa shape index (κ1) is 20.0. The first-order valence-electron chi connectivity index (χ1n) is 10.4. The van der Waals surface area contributed by atoms with Crippen LogP contribution in [0.4, 0.5) is 0 Å². The molecule has 1 aliphatic rings. The van der Waals surface area contributed by atoms with Crippen LogP contribution in [0.3, 0.4) is 0 Å². The van der Waals surface area contributed by atoms with Crippen LogP contribution < -0.4 is 0 Å². The van der Waals surface area contributed by atoms with Gasteiger partial charge < -0.3 is 14.2 Å². The number of nitrogens with zero attached hydrogens (tertiary/aromatic N) is 3. The molecule has 1 aromatic heterocycles. The molecule has 2 heterocycles. The molecule has 1 saturated heterocycles. The van der Waals surface area contributed by atoms with Gasteiger partial charge in [0.1, 0.15) is 0 Å². The van der Waals surface area contributed by atoms with Crippen molar-refractivity contribution >= 4 is 0 Å². The second kappa shape index (κ2) is 10.6. The number of aryl methyl sites for hydroxylation is 1. The maximum absolute atomic E-state index is 6.05. The predicted octanol–water partition coefficient (Wildman–Crippen LogP) is 3.92. The van der Waals surface area contributed by atoms with E-state index in [1.165, 1.54) is 24.9 Å². The Kier molecular flexibility index (Phi) is 7.84. The number of hydrogen-bond donors (Lipinski definition) is 0. The Hall–Kier alpha value is -1.72. The summed E-state index contributed by atoms with van der Waals surface area (Å²) in [5.41, 5.74) is 1.44. The number of rotatable bonds is 10. The number of likely N-dealkylation sites (tertiary alicyclic amines) is 1. The van der Waals surface area contributed by atoms with Crippen molar-refractivity contribution in [3.63, 3.8) is 0 Å². The lowest BCUT2D eigenvalue weighted by atomic mass is 10.1. The van der Waals surface area contributed by atoms with Gasteiger partial charge in [-0.3, -0.25) is 0 Å². The first-order valence-corrected chi connectivity index (χ1v) is 10.4. The molecular formula is C22H33N3O2. The van der Waals surface area contributed by atoms with Gasteiger partial charge in [-0.2, -0.15) is 4.98 Å². The first-order chi connectivity index (χ1) is 13.2. The molecule has 0 N–H and O–H groups in total. The van der Waals surface area contributed by atoms with Crippen molar-refractivity contribution in [2.45, 2.75) is 58.5 Å². The lowest BCUT2D eigenvalue weighted by Gasteiger charge is -2.31. The Morgan fingerprint density at radius 1 is 1.15 bits per heavy atom. The fourth-order valence-electron chi connectivity index (χ4n) is 3.59. The van der Waals surface area contributed by atoms with Crippen LogP contribution in [-0.4, -0.2) is 47.4 Å². The lowest BCUT2D eigenvalue weighted by Crippen LogP contribution is -2.37. The second-order valence-corrected chi connectivity index (χ2v) is 7.95. The van der Waals surface area contributed by atoms with Gasteiger partial charge in [-0.25, -0.2) is 0 Å². The van der Waals surface area contributed by atoms with Crippen LogP contribution in [0.25, 0.3) is 0 Å². The molecule has 1 aliphatic heterocycles. The molecule has 1 aromatic carbocycles. The van der Waals surface area contributed by atoms with Crippen LogP contribution in [0.1, 0.15) is 50.4 Å². The largest absolute Gasteiger partial charge is 0.378 e. The summed E-state index contributed by atoms with van der Waals surface area (Å²) in [6.45, 7) is 8.45. The molecule has 0 radical (unpaired) electrons. The zero-order chi connectivity index (χ0) is 18.9. The van der Waals surface area contributed by atoms with Crippen LogP contribution in [-0.2, 0) is 24.0 Å². The number of piperidine rings is 1. The topological polar surface area (TPSA) is 51.4 Å². The van der Waals surface area contributed by atoms with E-state index in [4.69, 9.17) is 9.26 Å². The number of benzene rings is 1. The van der Waals surface area contributed by atoms with Crippen LogP contribution in [0, 0.1) is 5.92 Å². The minimum atomic E-state index is 0.373. The fraction of sp³-hybridized carbons (Fsp3) is 0.636. The van der Waals surface area contributed by atoms with Crippen molar-refractivity contribution < 1.29 is 9.26 Å². The molecule has 0 unspecified atom stereocenters. The summed E-state index contributed by atoms with van der Waals surface area (Å²) in [7, 11) is 0. The van der Waals surface area contributed by atoms with Gasteiger partial charge in [0.05, 0.1) is 12.7 Å². The van der Waals surface area contributed by atoms with Gasteiger partial charge in [-0.15, -0.1) is 0 Å². The Morgan fingerprint density at radius 3 is 2.67 bits per heavy atom.